The number of ether oxygens (including phenoxy) is 1. The second-order valence-corrected chi connectivity index (χ2v) is 4.75. The van der Waals surface area contributed by atoms with Gasteiger partial charge >= 0.3 is 5.29 Å². The van der Waals surface area contributed by atoms with Gasteiger partial charge in [-0.05, 0) is 5.56 Å². The lowest BCUT2D eigenvalue weighted by molar-refractivity contribution is -0.488. The van der Waals surface area contributed by atoms with Crippen molar-refractivity contribution in [1.29, 1.82) is 0 Å². The minimum absolute atomic E-state index is 0.344. The summed E-state index contributed by atoms with van der Waals surface area (Å²) in [5, 5.41) is 0.790. The van der Waals surface area contributed by atoms with Gasteiger partial charge in [0.2, 0.25) is 0 Å². The normalized spacial score (nSPS) is 20.2. The molecule has 0 saturated heterocycles. The Kier molecular flexibility index (Phi) is 4.02. The molecule has 1 heterocycles. The number of amidine groups is 1. The number of nitrogens with zero attached hydrogens (tertiary/aromatic N) is 2. The van der Waals surface area contributed by atoms with E-state index < -0.39 is 0 Å². The summed E-state index contributed by atoms with van der Waals surface area (Å²) >= 11 is 6.12. The van der Waals surface area contributed by atoms with Gasteiger partial charge in [-0.2, -0.15) is 0 Å². The first-order valence-electron chi connectivity index (χ1n) is 5.76. The summed E-state index contributed by atoms with van der Waals surface area (Å²) in [6, 6.07) is 10.6. The van der Waals surface area contributed by atoms with Crippen molar-refractivity contribution in [3.63, 3.8) is 0 Å². The third-order valence-corrected chi connectivity index (χ3v) is 3.62. The van der Waals surface area contributed by atoms with Crippen LogP contribution in [-0.2, 0) is 11.3 Å². The molecule has 0 amide bonds. The molecular formula is C13H18ClN2O+. The predicted octanol–water partition coefficient (Wildman–Crippen LogP) is 1.75. The van der Waals surface area contributed by atoms with E-state index >= 15 is 0 Å². The van der Waals surface area contributed by atoms with Crippen LogP contribution >= 0.6 is 11.6 Å². The highest BCUT2D eigenvalue weighted by Crippen LogP contribution is 2.11. The molecule has 1 aromatic rings. The first-order chi connectivity index (χ1) is 8.18. The molecule has 0 bridgehead atoms. The second kappa shape index (κ2) is 5.52. The van der Waals surface area contributed by atoms with Gasteiger partial charge in [0.1, 0.15) is 6.54 Å². The Morgan fingerprint density at radius 2 is 2.12 bits per heavy atom. The molecule has 0 radical (unpaired) electrons. The molecule has 2 rings (SSSR count). The molecule has 4 heteroatoms. The van der Waals surface area contributed by atoms with Gasteiger partial charge in [-0.25, -0.2) is 9.48 Å². The molecule has 1 atom stereocenters. The van der Waals surface area contributed by atoms with Crippen LogP contribution in [0, 0.1) is 0 Å². The van der Waals surface area contributed by atoms with E-state index in [1.165, 1.54) is 5.56 Å². The molecule has 1 aliphatic heterocycles. The summed E-state index contributed by atoms with van der Waals surface area (Å²) < 4.78 is 7.77. The molecule has 1 unspecified atom stereocenters. The van der Waals surface area contributed by atoms with Crippen LogP contribution in [0.1, 0.15) is 5.56 Å². The molecule has 1 aliphatic rings. The van der Waals surface area contributed by atoms with Crippen LogP contribution in [-0.4, -0.2) is 48.1 Å². The average Bonchev–Trinajstić information content (AvgIpc) is 2.59. The van der Waals surface area contributed by atoms with Crippen molar-refractivity contribution in [2.24, 2.45) is 0 Å². The maximum atomic E-state index is 6.12. The Balaban J connectivity index is 1.78. The highest BCUT2D eigenvalue weighted by atomic mass is 35.5. The first-order valence-corrected chi connectivity index (χ1v) is 6.14. The van der Waals surface area contributed by atoms with Crippen LogP contribution in [0.4, 0.5) is 0 Å². The summed E-state index contributed by atoms with van der Waals surface area (Å²) in [6.45, 7) is 2.28. The third kappa shape index (κ3) is 2.99. The van der Waals surface area contributed by atoms with Gasteiger partial charge in [-0.3, -0.25) is 0 Å². The molecule has 0 N–H and O–H groups in total. The Bertz CT molecular complexity index is 405. The Labute approximate surface area is 107 Å². The zero-order valence-corrected chi connectivity index (χ0v) is 11.0. The van der Waals surface area contributed by atoms with Crippen LogP contribution in [0.15, 0.2) is 30.3 Å². The minimum atomic E-state index is 0.344. The lowest BCUT2D eigenvalue weighted by atomic mass is 10.2. The van der Waals surface area contributed by atoms with Crippen molar-refractivity contribution in [2.45, 2.75) is 12.6 Å². The van der Waals surface area contributed by atoms with Gasteiger partial charge in [-0.15, -0.1) is 0 Å². The molecule has 92 valence electrons. The van der Waals surface area contributed by atoms with E-state index in [1.807, 2.05) is 36.9 Å². The van der Waals surface area contributed by atoms with E-state index in [9.17, 15) is 0 Å². The number of hydrogen-bond donors (Lipinski definition) is 0. The zero-order chi connectivity index (χ0) is 12.3. The van der Waals surface area contributed by atoms with Gasteiger partial charge in [0.25, 0.3) is 0 Å². The van der Waals surface area contributed by atoms with Gasteiger partial charge in [0, 0.05) is 11.6 Å². The smallest absolute Gasteiger partial charge is 0.345 e. The van der Waals surface area contributed by atoms with E-state index in [-0.39, 0.29) is 0 Å². The minimum Gasteiger partial charge on any atom is -0.372 e. The lowest BCUT2D eigenvalue weighted by Crippen LogP contribution is -2.34. The van der Waals surface area contributed by atoms with Crippen LogP contribution < -0.4 is 0 Å². The summed E-state index contributed by atoms with van der Waals surface area (Å²) in [5.74, 6) is 0. The van der Waals surface area contributed by atoms with Crippen molar-refractivity contribution in [3.05, 3.63) is 35.9 Å². The van der Waals surface area contributed by atoms with E-state index in [4.69, 9.17) is 16.3 Å². The highest BCUT2D eigenvalue weighted by Gasteiger charge is 2.33. The van der Waals surface area contributed by atoms with Crippen molar-refractivity contribution >= 4 is 16.9 Å². The monoisotopic (exact) mass is 253 g/mol. The van der Waals surface area contributed by atoms with E-state index in [0.717, 1.165) is 11.8 Å². The van der Waals surface area contributed by atoms with E-state index in [1.54, 1.807) is 0 Å². The molecule has 1 aromatic carbocycles. The van der Waals surface area contributed by atoms with Gasteiger partial charge in [0.15, 0.2) is 6.04 Å². The van der Waals surface area contributed by atoms with Crippen LogP contribution in [0.5, 0.6) is 0 Å². The molecule has 0 aromatic heterocycles. The standard InChI is InChI=1S/C13H18ClN2O/c1-15-8-12(16(2)13(15)14)10-17-9-11-6-4-3-5-7-11/h3-7,12H,8-10H2,1-2H3/q+1. The SMILES string of the molecule is CN1C(Cl)=[N+](C)CC1COCc1ccccc1. The largest absolute Gasteiger partial charge is 0.372 e. The maximum absolute atomic E-state index is 6.12. The molecular weight excluding hydrogens is 236 g/mol. The van der Waals surface area contributed by atoms with Crippen molar-refractivity contribution in [1.82, 2.24) is 4.90 Å². The van der Waals surface area contributed by atoms with Crippen LogP contribution in [0.2, 0.25) is 0 Å². The van der Waals surface area contributed by atoms with Crippen molar-refractivity contribution in [3.8, 4) is 0 Å². The topological polar surface area (TPSA) is 15.5 Å². The number of likely N-dealkylation sites (N-methyl/N-ethyl adjacent to an activating group) is 2. The molecule has 0 saturated carbocycles. The van der Waals surface area contributed by atoms with Crippen molar-refractivity contribution < 1.29 is 9.31 Å². The van der Waals surface area contributed by atoms with Gasteiger partial charge < -0.3 is 4.74 Å². The molecule has 17 heavy (non-hydrogen) atoms. The van der Waals surface area contributed by atoms with Gasteiger partial charge in [0.05, 0.1) is 27.3 Å². The fourth-order valence-electron chi connectivity index (χ4n) is 1.99. The van der Waals surface area contributed by atoms with Crippen molar-refractivity contribution in [2.75, 3.05) is 27.2 Å². The zero-order valence-electron chi connectivity index (χ0n) is 10.3. The molecule has 0 fully saturated rings. The quantitative estimate of drug-likeness (QED) is 0.600. The number of halogens is 1. The Morgan fingerprint density at radius 1 is 1.41 bits per heavy atom. The number of hydrogen-bond acceptors (Lipinski definition) is 2. The number of rotatable bonds is 4. The second-order valence-electron chi connectivity index (χ2n) is 4.42. The fourth-order valence-corrected chi connectivity index (χ4v) is 2.19. The maximum Gasteiger partial charge on any atom is 0.345 e. The predicted molar refractivity (Wildman–Crippen MR) is 69.6 cm³/mol. The highest BCUT2D eigenvalue weighted by molar-refractivity contribution is 6.63. The Morgan fingerprint density at radius 3 is 2.71 bits per heavy atom. The fraction of sp³-hybridized carbons (Fsp3) is 0.462. The average molecular weight is 254 g/mol. The third-order valence-electron chi connectivity index (χ3n) is 3.06. The van der Waals surface area contributed by atoms with Gasteiger partial charge in [-0.1, -0.05) is 30.3 Å². The Hall–Kier alpha value is -1.06. The summed E-state index contributed by atoms with van der Waals surface area (Å²) in [7, 11) is 4.00. The van der Waals surface area contributed by atoms with E-state index in [2.05, 4.69) is 17.0 Å². The van der Waals surface area contributed by atoms with Crippen LogP contribution in [0.25, 0.3) is 0 Å². The van der Waals surface area contributed by atoms with Crippen LogP contribution in [0.3, 0.4) is 0 Å². The summed E-state index contributed by atoms with van der Waals surface area (Å²) in [6.07, 6.45) is 0. The lowest BCUT2D eigenvalue weighted by Gasteiger charge is -2.13. The summed E-state index contributed by atoms with van der Waals surface area (Å²) in [4.78, 5) is 2.06. The first kappa shape index (κ1) is 12.4. The van der Waals surface area contributed by atoms with E-state index in [0.29, 0.717) is 19.3 Å². The molecule has 0 spiro atoms. The molecule has 3 nitrogen and oxygen atoms in total. The number of benzene rings is 1. The summed E-state index contributed by atoms with van der Waals surface area (Å²) in [5.41, 5.74) is 1.21. The molecule has 0 aliphatic carbocycles.